The van der Waals surface area contributed by atoms with Crippen LogP contribution in [0.3, 0.4) is 0 Å². The maximum absolute atomic E-state index is 12.1. The van der Waals surface area contributed by atoms with Crippen molar-refractivity contribution in [3.63, 3.8) is 0 Å². The Balaban J connectivity index is 1.56. The molecule has 0 fully saturated rings. The molecule has 0 spiro atoms. The van der Waals surface area contributed by atoms with Crippen LogP contribution in [-0.4, -0.2) is 22.0 Å². The van der Waals surface area contributed by atoms with Crippen LogP contribution in [0.25, 0.3) is 11.0 Å². The van der Waals surface area contributed by atoms with E-state index in [1.165, 1.54) is 0 Å². The number of amides is 1. The lowest BCUT2D eigenvalue weighted by atomic mass is 10.2. The minimum absolute atomic E-state index is 0.138. The Morgan fingerprint density at radius 3 is 2.70 bits per heavy atom. The highest BCUT2D eigenvalue weighted by atomic mass is 35.5. The Labute approximate surface area is 140 Å². The molecule has 5 heteroatoms. The van der Waals surface area contributed by atoms with Crippen molar-refractivity contribution in [1.29, 1.82) is 0 Å². The van der Waals surface area contributed by atoms with Gasteiger partial charge in [-0.2, -0.15) is 0 Å². The number of nitrogens with one attached hydrogen (secondary N) is 1. The van der Waals surface area contributed by atoms with E-state index in [0.29, 0.717) is 17.1 Å². The number of para-hydroxylation sites is 2. The molecule has 0 unspecified atom stereocenters. The number of carbonyl (C=O) groups excluding carboxylic acids is 1. The zero-order valence-electron chi connectivity index (χ0n) is 12.9. The van der Waals surface area contributed by atoms with E-state index in [1.807, 2.05) is 31.3 Å². The second-order valence-corrected chi connectivity index (χ2v) is 5.82. The van der Waals surface area contributed by atoms with Crippen molar-refractivity contribution in [2.75, 3.05) is 6.54 Å². The predicted octanol–water partition coefficient (Wildman–Crippen LogP) is 3.59. The summed E-state index contributed by atoms with van der Waals surface area (Å²) in [6.45, 7) is 0.591. The predicted molar refractivity (Wildman–Crippen MR) is 92.8 cm³/mol. The van der Waals surface area contributed by atoms with Crippen molar-refractivity contribution in [3.05, 3.63) is 64.9 Å². The van der Waals surface area contributed by atoms with Gasteiger partial charge < -0.3 is 9.88 Å². The number of aromatic nitrogens is 2. The van der Waals surface area contributed by atoms with Gasteiger partial charge in [0.2, 0.25) is 0 Å². The molecular formula is C18H18ClN3O. The second-order valence-electron chi connectivity index (χ2n) is 5.42. The number of imidazole rings is 1. The van der Waals surface area contributed by atoms with E-state index in [0.717, 1.165) is 29.7 Å². The number of nitrogens with zero attached hydrogens (tertiary/aromatic N) is 2. The van der Waals surface area contributed by atoms with Gasteiger partial charge in [0.05, 0.1) is 21.6 Å². The van der Waals surface area contributed by atoms with Gasteiger partial charge in [-0.05, 0) is 30.7 Å². The molecule has 0 aliphatic heterocycles. The Bertz CT molecular complexity index is 841. The maximum atomic E-state index is 12.1. The van der Waals surface area contributed by atoms with Crippen LogP contribution >= 0.6 is 11.6 Å². The molecule has 0 bridgehead atoms. The summed E-state index contributed by atoms with van der Waals surface area (Å²) in [6.07, 6.45) is 1.64. The summed E-state index contributed by atoms with van der Waals surface area (Å²) in [4.78, 5) is 16.7. The van der Waals surface area contributed by atoms with Gasteiger partial charge in [0.15, 0.2) is 0 Å². The Kier molecular flexibility index (Phi) is 4.63. The maximum Gasteiger partial charge on any atom is 0.252 e. The monoisotopic (exact) mass is 327 g/mol. The first-order valence-electron chi connectivity index (χ1n) is 7.60. The third-order valence-electron chi connectivity index (χ3n) is 3.86. The molecule has 3 rings (SSSR count). The van der Waals surface area contributed by atoms with Crippen molar-refractivity contribution in [2.24, 2.45) is 7.05 Å². The van der Waals surface area contributed by atoms with Crippen LogP contribution in [0.4, 0.5) is 0 Å². The number of rotatable bonds is 5. The fourth-order valence-electron chi connectivity index (χ4n) is 2.61. The topological polar surface area (TPSA) is 46.9 Å². The summed E-state index contributed by atoms with van der Waals surface area (Å²) < 4.78 is 2.10. The molecule has 0 atom stereocenters. The number of aryl methyl sites for hydroxylation is 2. The summed E-state index contributed by atoms with van der Waals surface area (Å²) in [6, 6.07) is 15.1. The van der Waals surface area contributed by atoms with E-state index < -0.39 is 0 Å². The first-order valence-corrected chi connectivity index (χ1v) is 7.97. The fraction of sp³-hybridized carbons (Fsp3) is 0.222. The number of hydrogen-bond donors (Lipinski definition) is 1. The van der Waals surface area contributed by atoms with Gasteiger partial charge in [0, 0.05) is 20.0 Å². The largest absolute Gasteiger partial charge is 0.352 e. The molecule has 0 radical (unpaired) electrons. The SMILES string of the molecule is Cn1c(CCCNC(=O)c2ccccc2Cl)nc2ccccc21. The van der Waals surface area contributed by atoms with E-state index in [4.69, 9.17) is 11.6 Å². The van der Waals surface area contributed by atoms with Crippen molar-refractivity contribution < 1.29 is 4.79 Å². The van der Waals surface area contributed by atoms with Gasteiger partial charge in [-0.25, -0.2) is 4.98 Å². The Hall–Kier alpha value is -2.33. The van der Waals surface area contributed by atoms with Crippen LogP contribution in [0.5, 0.6) is 0 Å². The molecule has 1 amide bonds. The molecule has 2 aromatic carbocycles. The van der Waals surface area contributed by atoms with Gasteiger partial charge in [-0.1, -0.05) is 35.9 Å². The number of carbonyl (C=O) groups is 1. The molecule has 0 aliphatic carbocycles. The molecule has 1 heterocycles. The van der Waals surface area contributed by atoms with Crippen LogP contribution in [0, 0.1) is 0 Å². The number of fused-ring (bicyclic) bond motifs is 1. The lowest BCUT2D eigenvalue weighted by Crippen LogP contribution is -2.25. The normalized spacial score (nSPS) is 10.9. The Morgan fingerprint density at radius 1 is 1.17 bits per heavy atom. The third kappa shape index (κ3) is 3.37. The van der Waals surface area contributed by atoms with Gasteiger partial charge in [-0.3, -0.25) is 4.79 Å². The smallest absolute Gasteiger partial charge is 0.252 e. The minimum atomic E-state index is -0.138. The summed E-state index contributed by atoms with van der Waals surface area (Å²) >= 11 is 6.02. The summed E-state index contributed by atoms with van der Waals surface area (Å²) in [5, 5.41) is 3.38. The zero-order chi connectivity index (χ0) is 16.2. The quantitative estimate of drug-likeness (QED) is 0.728. The summed E-state index contributed by atoms with van der Waals surface area (Å²) in [5.41, 5.74) is 2.64. The average molecular weight is 328 g/mol. The van der Waals surface area contributed by atoms with Crippen LogP contribution in [-0.2, 0) is 13.5 Å². The van der Waals surface area contributed by atoms with Crippen LogP contribution in [0.2, 0.25) is 5.02 Å². The minimum Gasteiger partial charge on any atom is -0.352 e. The van der Waals surface area contributed by atoms with Crippen LogP contribution in [0.15, 0.2) is 48.5 Å². The molecule has 118 valence electrons. The molecule has 0 saturated carbocycles. The summed E-state index contributed by atoms with van der Waals surface area (Å²) in [5.74, 6) is 0.888. The van der Waals surface area contributed by atoms with Crippen LogP contribution in [0.1, 0.15) is 22.6 Å². The number of benzene rings is 2. The molecule has 3 aromatic rings. The average Bonchev–Trinajstić information content (AvgIpc) is 2.88. The molecular weight excluding hydrogens is 310 g/mol. The standard InChI is InChI=1S/C18H18ClN3O/c1-22-16-10-5-4-9-15(16)21-17(22)11-6-12-20-18(23)13-7-2-3-8-14(13)19/h2-5,7-10H,6,11-12H2,1H3,(H,20,23). The highest BCUT2D eigenvalue weighted by molar-refractivity contribution is 6.33. The van der Waals surface area contributed by atoms with Gasteiger partial charge in [-0.15, -0.1) is 0 Å². The molecule has 23 heavy (non-hydrogen) atoms. The van der Waals surface area contributed by atoms with Crippen LogP contribution < -0.4 is 5.32 Å². The lowest BCUT2D eigenvalue weighted by molar-refractivity contribution is 0.0953. The Morgan fingerprint density at radius 2 is 1.91 bits per heavy atom. The highest BCUT2D eigenvalue weighted by Crippen LogP contribution is 2.16. The molecule has 4 nitrogen and oxygen atoms in total. The first kappa shape index (κ1) is 15.6. The van der Waals surface area contributed by atoms with Gasteiger partial charge in [0.25, 0.3) is 5.91 Å². The molecule has 1 aromatic heterocycles. The fourth-order valence-corrected chi connectivity index (χ4v) is 2.83. The van der Waals surface area contributed by atoms with E-state index in [9.17, 15) is 4.79 Å². The van der Waals surface area contributed by atoms with Crippen molar-refractivity contribution in [2.45, 2.75) is 12.8 Å². The number of halogens is 1. The summed E-state index contributed by atoms with van der Waals surface area (Å²) in [7, 11) is 2.02. The van der Waals surface area contributed by atoms with E-state index in [1.54, 1.807) is 18.2 Å². The van der Waals surface area contributed by atoms with Gasteiger partial charge in [0.1, 0.15) is 5.82 Å². The van der Waals surface area contributed by atoms with E-state index in [-0.39, 0.29) is 5.91 Å². The van der Waals surface area contributed by atoms with Crippen molar-refractivity contribution in [1.82, 2.24) is 14.9 Å². The second kappa shape index (κ2) is 6.84. The highest BCUT2D eigenvalue weighted by Gasteiger charge is 2.10. The van der Waals surface area contributed by atoms with E-state index >= 15 is 0 Å². The lowest BCUT2D eigenvalue weighted by Gasteiger charge is -2.07. The first-order chi connectivity index (χ1) is 11.2. The molecule has 1 N–H and O–H groups in total. The zero-order valence-corrected chi connectivity index (χ0v) is 13.7. The van der Waals surface area contributed by atoms with Gasteiger partial charge >= 0.3 is 0 Å². The third-order valence-corrected chi connectivity index (χ3v) is 4.19. The van der Waals surface area contributed by atoms with Crippen molar-refractivity contribution >= 4 is 28.5 Å². The molecule has 0 saturated heterocycles. The molecule has 0 aliphatic rings. The van der Waals surface area contributed by atoms with Crippen molar-refractivity contribution in [3.8, 4) is 0 Å². The van der Waals surface area contributed by atoms with E-state index in [2.05, 4.69) is 20.9 Å². The number of hydrogen-bond acceptors (Lipinski definition) is 2.